The van der Waals surface area contributed by atoms with Crippen molar-refractivity contribution >= 4 is 18.0 Å². The summed E-state index contributed by atoms with van der Waals surface area (Å²) in [5.41, 5.74) is 0.987. The van der Waals surface area contributed by atoms with Crippen LogP contribution in [0.2, 0.25) is 0 Å². The van der Waals surface area contributed by atoms with E-state index in [-0.39, 0.29) is 12.5 Å². The summed E-state index contributed by atoms with van der Waals surface area (Å²) in [6.45, 7) is 1.49. The minimum absolute atomic E-state index is 0.121. The van der Waals surface area contributed by atoms with Gasteiger partial charge < -0.3 is 15.1 Å². The molecule has 0 saturated carbocycles. The Kier molecular flexibility index (Phi) is 5.05. The van der Waals surface area contributed by atoms with Gasteiger partial charge in [-0.1, -0.05) is 6.07 Å². The number of carbonyl (C=O) groups is 2. The number of carboxylic acid groups (broad SMARTS) is 1. The summed E-state index contributed by atoms with van der Waals surface area (Å²) in [6.07, 6.45) is 5.56. The third-order valence-electron chi connectivity index (χ3n) is 3.53. The normalized spacial score (nSPS) is 18.3. The van der Waals surface area contributed by atoms with Gasteiger partial charge in [-0.3, -0.25) is 9.78 Å². The lowest BCUT2D eigenvalue weighted by molar-refractivity contribution is -0.131. The van der Waals surface area contributed by atoms with Crippen molar-refractivity contribution in [3.05, 3.63) is 35.7 Å². The average molecular weight is 290 g/mol. The maximum absolute atomic E-state index is 12.3. The number of amides is 1. The van der Waals surface area contributed by atoms with Crippen molar-refractivity contribution in [2.24, 2.45) is 5.92 Å². The standard InChI is InChI=1S/C15H18N2O4/c18-8-6-12-5-7-17(10-12)15(21)13-3-1-11(9-16-13)2-4-14(19)20/h1-4,9,12,18H,5-8,10H2,(H,19,20)/b4-2+. The first-order chi connectivity index (χ1) is 10.1. The lowest BCUT2D eigenvalue weighted by Gasteiger charge is -2.15. The van der Waals surface area contributed by atoms with Crippen LogP contribution in [-0.2, 0) is 4.79 Å². The zero-order chi connectivity index (χ0) is 15.2. The molecule has 2 N–H and O–H groups in total. The molecule has 1 fully saturated rings. The van der Waals surface area contributed by atoms with Crippen LogP contribution in [0.1, 0.15) is 28.9 Å². The van der Waals surface area contributed by atoms with E-state index in [9.17, 15) is 9.59 Å². The number of pyridine rings is 1. The molecule has 1 saturated heterocycles. The molecule has 0 aliphatic carbocycles. The summed E-state index contributed by atoms with van der Waals surface area (Å²) in [6, 6.07) is 3.27. The molecule has 6 heteroatoms. The highest BCUT2D eigenvalue weighted by Gasteiger charge is 2.26. The highest BCUT2D eigenvalue weighted by Crippen LogP contribution is 2.20. The molecule has 1 amide bonds. The fourth-order valence-corrected chi connectivity index (χ4v) is 2.40. The summed E-state index contributed by atoms with van der Waals surface area (Å²) >= 11 is 0. The molecule has 1 aliphatic heterocycles. The van der Waals surface area contributed by atoms with Crippen LogP contribution in [0.15, 0.2) is 24.4 Å². The molecular formula is C15H18N2O4. The second-order valence-electron chi connectivity index (χ2n) is 5.07. The van der Waals surface area contributed by atoms with Crippen LogP contribution < -0.4 is 0 Å². The van der Waals surface area contributed by atoms with Crippen molar-refractivity contribution in [1.29, 1.82) is 0 Å². The first kappa shape index (κ1) is 15.2. The van der Waals surface area contributed by atoms with E-state index in [1.54, 1.807) is 17.0 Å². The van der Waals surface area contributed by atoms with E-state index in [2.05, 4.69) is 4.98 Å². The predicted octanol–water partition coefficient (Wildman–Crippen LogP) is 1.02. The van der Waals surface area contributed by atoms with Crippen molar-refractivity contribution in [3.8, 4) is 0 Å². The molecule has 21 heavy (non-hydrogen) atoms. The number of aliphatic carboxylic acids is 1. The molecule has 1 aromatic rings. The minimum Gasteiger partial charge on any atom is -0.478 e. The molecule has 2 rings (SSSR count). The van der Waals surface area contributed by atoms with Gasteiger partial charge in [0.1, 0.15) is 5.69 Å². The summed E-state index contributed by atoms with van der Waals surface area (Å²) in [7, 11) is 0. The van der Waals surface area contributed by atoms with Crippen LogP contribution in [0.3, 0.4) is 0 Å². The van der Waals surface area contributed by atoms with E-state index in [4.69, 9.17) is 10.2 Å². The number of aliphatic hydroxyl groups is 1. The quantitative estimate of drug-likeness (QED) is 0.790. The second-order valence-corrected chi connectivity index (χ2v) is 5.07. The fourth-order valence-electron chi connectivity index (χ4n) is 2.40. The van der Waals surface area contributed by atoms with Gasteiger partial charge in [-0.15, -0.1) is 0 Å². The summed E-state index contributed by atoms with van der Waals surface area (Å²) in [5.74, 6) is -0.789. The SMILES string of the molecule is O=C(O)/C=C/c1ccc(C(=O)N2CCC(CCO)C2)nc1. The van der Waals surface area contributed by atoms with Gasteiger partial charge in [-0.05, 0) is 36.5 Å². The number of likely N-dealkylation sites (tertiary alicyclic amines) is 1. The average Bonchev–Trinajstić information content (AvgIpc) is 2.94. The van der Waals surface area contributed by atoms with Gasteiger partial charge in [-0.2, -0.15) is 0 Å². The second kappa shape index (κ2) is 6.99. The maximum atomic E-state index is 12.3. The van der Waals surface area contributed by atoms with E-state index in [1.165, 1.54) is 12.3 Å². The molecule has 112 valence electrons. The van der Waals surface area contributed by atoms with Crippen LogP contribution >= 0.6 is 0 Å². The Balaban J connectivity index is 1.99. The molecule has 1 unspecified atom stereocenters. The minimum atomic E-state index is -1.03. The molecule has 1 aliphatic rings. The number of hydrogen-bond donors (Lipinski definition) is 2. The number of nitrogens with zero attached hydrogens (tertiary/aromatic N) is 2. The fraction of sp³-hybridized carbons (Fsp3) is 0.400. The van der Waals surface area contributed by atoms with Gasteiger partial charge in [0.2, 0.25) is 0 Å². The molecule has 6 nitrogen and oxygen atoms in total. The molecule has 1 atom stereocenters. The highest BCUT2D eigenvalue weighted by atomic mass is 16.4. The van der Waals surface area contributed by atoms with Gasteiger partial charge in [0.15, 0.2) is 0 Å². The first-order valence-corrected chi connectivity index (χ1v) is 6.87. The van der Waals surface area contributed by atoms with Crippen molar-refractivity contribution in [2.75, 3.05) is 19.7 Å². The summed E-state index contributed by atoms with van der Waals surface area (Å²) in [4.78, 5) is 28.5. The first-order valence-electron chi connectivity index (χ1n) is 6.87. The van der Waals surface area contributed by atoms with E-state index in [1.807, 2.05) is 0 Å². The Morgan fingerprint density at radius 2 is 2.24 bits per heavy atom. The Labute approximate surface area is 122 Å². The number of rotatable bonds is 5. The summed E-state index contributed by atoms with van der Waals surface area (Å²) in [5, 5.41) is 17.5. The number of hydrogen-bond acceptors (Lipinski definition) is 4. The largest absolute Gasteiger partial charge is 0.478 e. The molecule has 2 heterocycles. The monoisotopic (exact) mass is 290 g/mol. The lowest BCUT2D eigenvalue weighted by atomic mass is 10.1. The van der Waals surface area contributed by atoms with Crippen LogP contribution in [-0.4, -0.2) is 51.7 Å². The Hall–Kier alpha value is -2.21. The van der Waals surface area contributed by atoms with Gasteiger partial charge in [-0.25, -0.2) is 4.79 Å². The predicted molar refractivity (Wildman–Crippen MR) is 76.6 cm³/mol. The highest BCUT2D eigenvalue weighted by molar-refractivity contribution is 5.92. The van der Waals surface area contributed by atoms with Gasteiger partial charge >= 0.3 is 5.97 Å². The number of aliphatic hydroxyl groups excluding tert-OH is 1. The smallest absolute Gasteiger partial charge is 0.328 e. The maximum Gasteiger partial charge on any atom is 0.328 e. The van der Waals surface area contributed by atoms with Crippen molar-refractivity contribution in [3.63, 3.8) is 0 Å². The van der Waals surface area contributed by atoms with Gasteiger partial charge in [0.05, 0.1) is 0 Å². The van der Waals surface area contributed by atoms with Crippen molar-refractivity contribution < 1.29 is 19.8 Å². The van der Waals surface area contributed by atoms with E-state index in [0.717, 1.165) is 18.9 Å². The van der Waals surface area contributed by atoms with Crippen molar-refractivity contribution in [2.45, 2.75) is 12.8 Å². The molecular weight excluding hydrogens is 272 g/mol. The van der Waals surface area contributed by atoms with E-state index >= 15 is 0 Å². The number of aromatic nitrogens is 1. The molecule has 1 aromatic heterocycles. The molecule has 0 radical (unpaired) electrons. The van der Waals surface area contributed by atoms with E-state index < -0.39 is 5.97 Å². The van der Waals surface area contributed by atoms with Crippen LogP contribution in [0.5, 0.6) is 0 Å². The zero-order valence-corrected chi connectivity index (χ0v) is 11.6. The molecule has 0 spiro atoms. The topological polar surface area (TPSA) is 90.7 Å². The number of carboxylic acids is 1. The Morgan fingerprint density at radius 1 is 1.43 bits per heavy atom. The van der Waals surface area contributed by atoms with Crippen LogP contribution in [0, 0.1) is 5.92 Å². The molecule has 0 bridgehead atoms. The zero-order valence-electron chi connectivity index (χ0n) is 11.6. The van der Waals surface area contributed by atoms with Crippen LogP contribution in [0.4, 0.5) is 0 Å². The van der Waals surface area contributed by atoms with Gasteiger partial charge in [0, 0.05) is 32.0 Å². The summed E-state index contributed by atoms with van der Waals surface area (Å²) < 4.78 is 0. The van der Waals surface area contributed by atoms with Crippen molar-refractivity contribution in [1.82, 2.24) is 9.88 Å². The third kappa shape index (κ3) is 4.13. The Bertz CT molecular complexity index is 539. The lowest BCUT2D eigenvalue weighted by Crippen LogP contribution is -2.29. The van der Waals surface area contributed by atoms with E-state index in [0.29, 0.717) is 30.3 Å². The third-order valence-corrected chi connectivity index (χ3v) is 3.53. The number of carbonyl (C=O) groups excluding carboxylic acids is 1. The molecule has 0 aromatic carbocycles. The van der Waals surface area contributed by atoms with Crippen LogP contribution in [0.25, 0.3) is 6.08 Å². The Morgan fingerprint density at radius 3 is 2.86 bits per heavy atom. The van der Waals surface area contributed by atoms with Gasteiger partial charge in [0.25, 0.3) is 5.91 Å².